The fourth-order valence-electron chi connectivity index (χ4n) is 1.49. The van der Waals surface area contributed by atoms with Gasteiger partial charge >= 0.3 is 0 Å². The van der Waals surface area contributed by atoms with Crippen LogP contribution in [0.2, 0.25) is 0 Å². The predicted molar refractivity (Wildman–Crippen MR) is 52.5 cm³/mol. The van der Waals surface area contributed by atoms with Crippen LogP contribution in [0.3, 0.4) is 0 Å². The molecular weight excluding hydrogens is 188 g/mol. The highest BCUT2D eigenvalue weighted by atomic mass is 32.2. The topological polar surface area (TPSA) is 43.4 Å². The van der Waals surface area contributed by atoms with Gasteiger partial charge in [-0.05, 0) is 12.8 Å². The molecule has 0 aromatic carbocycles. The van der Waals surface area contributed by atoms with Crippen molar-refractivity contribution in [1.82, 2.24) is 0 Å². The predicted octanol–water partition coefficient (Wildman–Crippen LogP) is 1.38. The maximum atomic E-state index is 11.0. The molecule has 1 aliphatic rings. The molecule has 1 rings (SSSR count). The third-order valence-corrected chi connectivity index (χ3v) is 4.03. The van der Waals surface area contributed by atoms with Gasteiger partial charge in [0.05, 0.1) is 17.6 Å². The van der Waals surface area contributed by atoms with Gasteiger partial charge in [0.25, 0.3) is 0 Å². The molecule has 4 heteroatoms. The summed E-state index contributed by atoms with van der Waals surface area (Å²) in [5, 5.41) is 0. The summed E-state index contributed by atoms with van der Waals surface area (Å²) in [7, 11) is -2.76. The average molecular weight is 206 g/mol. The number of ether oxygens (including phenoxy) is 1. The lowest BCUT2D eigenvalue weighted by Crippen LogP contribution is -2.15. The van der Waals surface area contributed by atoms with Gasteiger partial charge in [0.2, 0.25) is 0 Å². The first-order valence-corrected chi connectivity index (χ1v) is 6.78. The van der Waals surface area contributed by atoms with Crippen LogP contribution >= 0.6 is 0 Å². The summed E-state index contributed by atoms with van der Waals surface area (Å²) in [6.07, 6.45) is 4.05. The number of hydrogen-bond acceptors (Lipinski definition) is 3. The normalized spacial score (nSPS) is 26.4. The van der Waals surface area contributed by atoms with Gasteiger partial charge in [0, 0.05) is 6.61 Å². The minimum atomic E-state index is -2.76. The molecule has 78 valence electrons. The van der Waals surface area contributed by atoms with Crippen molar-refractivity contribution in [2.24, 2.45) is 0 Å². The second-order valence-electron chi connectivity index (χ2n) is 3.60. The van der Waals surface area contributed by atoms with E-state index < -0.39 is 9.84 Å². The van der Waals surface area contributed by atoms with E-state index in [0.717, 1.165) is 6.42 Å². The van der Waals surface area contributed by atoms with E-state index in [4.69, 9.17) is 4.74 Å². The van der Waals surface area contributed by atoms with E-state index in [0.29, 0.717) is 18.8 Å². The highest BCUT2D eigenvalue weighted by molar-refractivity contribution is 7.91. The number of sulfone groups is 1. The van der Waals surface area contributed by atoms with E-state index in [1.54, 1.807) is 0 Å². The van der Waals surface area contributed by atoms with Crippen LogP contribution in [-0.4, -0.2) is 32.6 Å². The molecular formula is C9H18O3S. The van der Waals surface area contributed by atoms with Crippen molar-refractivity contribution >= 4 is 9.84 Å². The Morgan fingerprint density at radius 2 is 2.15 bits per heavy atom. The molecule has 1 fully saturated rings. The SMILES string of the molecule is CCCCCO[C@H]1CCS(=O)(=O)C1. The zero-order valence-electron chi connectivity index (χ0n) is 8.16. The summed E-state index contributed by atoms with van der Waals surface area (Å²) >= 11 is 0. The summed E-state index contributed by atoms with van der Waals surface area (Å²) in [4.78, 5) is 0. The monoisotopic (exact) mass is 206 g/mol. The molecule has 0 spiro atoms. The molecule has 0 amide bonds. The molecule has 0 aromatic rings. The first-order valence-electron chi connectivity index (χ1n) is 4.96. The molecule has 0 aromatic heterocycles. The number of unbranched alkanes of at least 4 members (excludes halogenated alkanes) is 2. The zero-order chi connectivity index (χ0) is 9.73. The summed E-state index contributed by atoms with van der Waals surface area (Å²) in [6.45, 7) is 2.86. The molecule has 0 radical (unpaired) electrons. The van der Waals surface area contributed by atoms with Crippen molar-refractivity contribution in [2.45, 2.75) is 38.7 Å². The van der Waals surface area contributed by atoms with E-state index in [2.05, 4.69) is 6.92 Å². The van der Waals surface area contributed by atoms with Gasteiger partial charge in [0.1, 0.15) is 0 Å². The first-order chi connectivity index (χ1) is 6.14. The summed E-state index contributed by atoms with van der Waals surface area (Å²) in [5.41, 5.74) is 0. The summed E-state index contributed by atoms with van der Waals surface area (Å²) in [6, 6.07) is 0. The van der Waals surface area contributed by atoms with Gasteiger partial charge in [-0.25, -0.2) is 8.42 Å². The molecule has 1 aliphatic heterocycles. The van der Waals surface area contributed by atoms with Crippen LogP contribution < -0.4 is 0 Å². The Kier molecular flexibility index (Phi) is 4.19. The van der Waals surface area contributed by atoms with Crippen LogP contribution in [0.4, 0.5) is 0 Å². The highest BCUT2D eigenvalue weighted by Gasteiger charge is 2.27. The van der Waals surface area contributed by atoms with E-state index in [1.165, 1.54) is 12.8 Å². The lowest BCUT2D eigenvalue weighted by atomic mass is 10.2. The van der Waals surface area contributed by atoms with Crippen molar-refractivity contribution in [3.05, 3.63) is 0 Å². The Bertz CT molecular complexity index is 233. The highest BCUT2D eigenvalue weighted by Crippen LogP contribution is 2.15. The van der Waals surface area contributed by atoms with Crippen LogP contribution in [0.5, 0.6) is 0 Å². The Balaban J connectivity index is 2.11. The van der Waals surface area contributed by atoms with Crippen LogP contribution in [0, 0.1) is 0 Å². The Morgan fingerprint density at radius 1 is 1.38 bits per heavy atom. The van der Waals surface area contributed by atoms with Crippen molar-refractivity contribution < 1.29 is 13.2 Å². The third kappa shape index (κ3) is 4.09. The summed E-state index contributed by atoms with van der Waals surface area (Å²) < 4.78 is 27.6. The van der Waals surface area contributed by atoms with Crippen molar-refractivity contribution in [3.63, 3.8) is 0 Å². The molecule has 0 saturated carbocycles. The lowest BCUT2D eigenvalue weighted by molar-refractivity contribution is 0.0682. The Hall–Kier alpha value is -0.0900. The number of rotatable bonds is 5. The average Bonchev–Trinajstić information content (AvgIpc) is 2.40. The maximum absolute atomic E-state index is 11.0. The standard InChI is InChI=1S/C9H18O3S/c1-2-3-4-6-12-9-5-7-13(10,11)8-9/h9H,2-8H2,1H3/t9-/m0/s1. The fraction of sp³-hybridized carbons (Fsp3) is 1.00. The van der Waals surface area contributed by atoms with Gasteiger partial charge in [0.15, 0.2) is 9.84 Å². The molecule has 0 N–H and O–H groups in total. The Labute approximate surface area is 80.4 Å². The molecule has 0 bridgehead atoms. The van der Waals surface area contributed by atoms with Crippen LogP contribution in [0.1, 0.15) is 32.6 Å². The second-order valence-corrected chi connectivity index (χ2v) is 5.83. The smallest absolute Gasteiger partial charge is 0.152 e. The number of hydrogen-bond donors (Lipinski definition) is 0. The van der Waals surface area contributed by atoms with E-state index in [-0.39, 0.29) is 11.9 Å². The fourth-order valence-corrected chi connectivity index (χ4v) is 3.11. The van der Waals surface area contributed by atoms with Gasteiger partial charge in [-0.3, -0.25) is 0 Å². The Morgan fingerprint density at radius 3 is 2.69 bits per heavy atom. The maximum Gasteiger partial charge on any atom is 0.152 e. The van der Waals surface area contributed by atoms with Gasteiger partial charge < -0.3 is 4.74 Å². The van der Waals surface area contributed by atoms with E-state index >= 15 is 0 Å². The second kappa shape index (κ2) is 4.96. The first kappa shape index (κ1) is 11.0. The summed E-state index contributed by atoms with van der Waals surface area (Å²) in [5.74, 6) is 0.546. The minimum absolute atomic E-state index is 0.0261. The largest absolute Gasteiger partial charge is 0.377 e. The quantitative estimate of drug-likeness (QED) is 0.638. The molecule has 1 heterocycles. The van der Waals surface area contributed by atoms with Gasteiger partial charge in [-0.15, -0.1) is 0 Å². The molecule has 0 aliphatic carbocycles. The minimum Gasteiger partial charge on any atom is -0.377 e. The van der Waals surface area contributed by atoms with E-state index in [1.807, 2.05) is 0 Å². The molecule has 1 saturated heterocycles. The van der Waals surface area contributed by atoms with Crippen molar-refractivity contribution in [3.8, 4) is 0 Å². The van der Waals surface area contributed by atoms with Crippen LogP contribution in [0.25, 0.3) is 0 Å². The lowest BCUT2D eigenvalue weighted by Gasteiger charge is -2.08. The molecule has 1 atom stereocenters. The van der Waals surface area contributed by atoms with E-state index in [9.17, 15) is 8.42 Å². The van der Waals surface area contributed by atoms with Crippen LogP contribution in [-0.2, 0) is 14.6 Å². The molecule has 0 unspecified atom stereocenters. The zero-order valence-corrected chi connectivity index (χ0v) is 8.98. The van der Waals surface area contributed by atoms with Gasteiger partial charge in [-0.1, -0.05) is 19.8 Å². The van der Waals surface area contributed by atoms with Crippen molar-refractivity contribution in [1.29, 1.82) is 0 Å². The third-order valence-electron chi connectivity index (χ3n) is 2.29. The molecule has 3 nitrogen and oxygen atoms in total. The van der Waals surface area contributed by atoms with Crippen LogP contribution in [0.15, 0.2) is 0 Å². The molecule has 13 heavy (non-hydrogen) atoms. The van der Waals surface area contributed by atoms with Gasteiger partial charge in [-0.2, -0.15) is 0 Å². The van der Waals surface area contributed by atoms with Crippen molar-refractivity contribution in [2.75, 3.05) is 18.1 Å².